The van der Waals surface area contributed by atoms with E-state index in [0.717, 1.165) is 60.4 Å². The van der Waals surface area contributed by atoms with Crippen LogP contribution in [0.2, 0.25) is 0 Å². The second kappa shape index (κ2) is 10.8. The quantitative estimate of drug-likeness (QED) is 0.662. The SMILES string of the molecule is CCCC(=O)N(CCN1CCOCC1)c1nc2ccc(OCC)cc2s1.Cl. The second-order valence-corrected chi connectivity index (χ2v) is 7.32. The zero-order chi connectivity index (χ0) is 18.4. The van der Waals surface area contributed by atoms with Crippen LogP contribution in [-0.2, 0) is 9.53 Å². The normalized spacial score (nSPS) is 14.7. The van der Waals surface area contributed by atoms with Crippen LogP contribution < -0.4 is 9.64 Å². The summed E-state index contributed by atoms with van der Waals surface area (Å²) in [6.45, 7) is 9.53. The van der Waals surface area contributed by atoms with Gasteiger partial charge in [-0.1, -0.05) is 18.3 Å². The van der Waals surface area contributed by atoms with E-state index in [2.05, 4.69) is 4.90 Å². The molecule has 0 bridgehead atoms. The number of morpholine rings is 1. The molecule has 1 saturated heterocycles. The van der Waals surface area contributed by atoms with Gasteiger partial charge in [-0.2, -0.15) is 0 Å². The molecule has 0 spiro atoms. The number of anilines is 1. The van der Waals surface area contributed by atoms with E-state index >= 15 is 0 Å². The van der Waals surface area contributed by atoms with Gasteiger partial charge in [-0.3, -0.25) is 14.6 Å². The van der Waals surface area contributed by atoms with Crippen molar-refractivity contribution in [1.29, 1.82) is 0 Å². The van der Waals surface area contributed by atoms with Crippen LogP contribution in [0.3, 0.4) is 0 Å². The first-order valence-electron chi connectivity index (χ1n) is 9.35. The van der Waals surface area contributed by atoms with Crippen molar-refractivity contribution in [2.24, 2.45) is 0 Å². The van der Waals surface area contributed by atoms with Crippen molar-refractivity contribution in [3.63, 3.8) is 0 Å². The Morgan fingerprint density at radius 1 is 1.33 bits per heavy atom. The number of carbonyl (C=O) groups is 1. The van der Waals surface area contributed by atoms with E-state index in [-0.39, 0.29) is 18.3 Å². The van der Waals surface area contributed by atoms with Crippen molar-refractivity contribution in [3.05, 3.63) is 18.2 Å². The van der Waals surface area contributed by atoms with Gasteiger partial charge in [-0.15, -0.1) is 12.4 Å². The first-order chi connectivity index (χ1) is 12.7. The summed E-state index contributed by atoms with van der Waals surface area (Å²) in [4.78, 5) is 21.6. The number of carbonyl (C=O) groups excluding carboxylic acids is 1. The molecule has 1 aromatic heterocycles. The molecule has 1 aliphatic heterocycles. The van der Waals surface area contributed by atoms with Crippen LogP contribution in [0, 0.1) is 0 Å². The van der Waals surface area contributed by atoms with Crippen molar-refractivity contribution in [1.82, 2.24) is 9.88 Å². The Kier molecular flexibility index (Phi) is 8.76. The topological polar surface area (TPSA) is 54.9 Å². The van der Waals surface area contributed by atoms with Crippen molar-refractivity contribution in [2.45, 2.75) is 26.7 Å². The summed E-state index contributed by atoms with van der Waals surface area (Å²) in [5, 5.41) is 0.778. The monoisotopic (exact) mass is 413 g/mol. The van der Waals surface area contributed by atoms with Crippen LogP contribution in [0.1, 0.15) is 26.7 Å². The smallest absolute Gasteiger partial charge is 0.228 e. The zero-order valence-electron chi connectivity index (χ0n) is 16.0. The van der Waals surface area contributed by atoms with Gasteiger partial charge in [-0.05, 0) is 31.5 Å². The summed E-state index contributed by atoms with van der Waals surface area (Å²) >= 11 is 1.56. The van der Waals surface area contributed by atoms with Crippen molar-refractivity contribution < 1.29 is 14.3 Å². The standard InChI is InChI=1S/C19H27N3O3S.ClH/c1-3-5-18(23)22(9-8-21-10-12-24-13-11-21)19-20-16-7-6-15(25-4-2)14-17(16)26-19;/h6-7,14H,3-5,8-13H2,1-2H3;1H. The highest BCUT2D eigenvalue weighted by molar-refractivity contribution is 7.22. The molecule has 1 fully saturated rings. The number of amides is 1. The molecule has 3 rings (SSSR count). The zero-order valence-corrected chi connectivity index (χ0v) is 17.6. The van der Waals surface area contributed by atoms with Gasteiger partial charge in [0, 0.05) is 32.6 Å². The molecule has 2 aromatic rings. The van der Waals surface area contributed by atoms with Crippen molar-refractivity contribution in [3.8, 4) is 5.75 Å². The molecule has 2 heterocycles. The first kappa shape index (κ1) is 21.9. The summed E-state index contributed by atoms with van der Waals surface area (Å²) in [7, 11) is 0. The molecular weight excluding hydrogens is 386 g/mol. The number of thiazole rings is 1. The van der Waals surface area contributed by atoms with Gasteiger partial charge in [0.15, 0.2) is 5.13 Å². The molecule has 1 aromatic carbocycles. The lowest BCUT2D eigenvalue weighted by molar-refractivity contribution is -0.118. The molecule has 8 heteroatoms. The lowest BCUT2D eigenvalue weighted by Gasteiger charge is -2.29. The highest BCUT2D eigenvalue weighted by Gasteiger charge is 2.21. The van der Waals surface area contributed by atoms with E-state index in [1.54, 1.807) is 11.3 Å². The Balaban J connectivity index is 0.00000261. The number of rotatable bonds is 8. The third-order valence-electron chi connectivity index (χ3n) is 4.40. The molecule has 0 aliphatic carbocycles. The van der Waals surface area contributed by atoms with Crippen LogP contribution in [0.25, 0.3) is 10.2 Å². The molecular formula is C19H28ClN3O3S. The number of aromatic nitrogens is 1. The number of nitrogens with zero attached hydrogens (tertiary/aromatic N) is 3. The second-order valence-electron chi connectivity index (χ2n) is 6.31. The fraction of sp³-hybridized carbons (Fsp3) is 0.579. The predicted molar refractivity (Wildman–Crippen MR) is 113 cm³/mol. The first-order valence-corrected chi connectivity index (χ1v) is 10.2. The maximum atomic E-state index is 12.7. The van der Waals surface area contributed by atoms with Gasteiger partial charge in [0.25, 0.3) is 0 Å². The number of halogens is 1. The maximum absolute atomic E-state index is 12.7. The molecule has 150 valence electrons. The third kappa shape index (κ3) is 5.78. The average Bonchev–Trinajstić information content (AvgIpc) is 3.06. The van der Waals surface area contributed by atoms with E-state index in [4.69, 9.17) is 14.5 Å². The van der Waals surface area contributed by atoms with Crippen LogP contribution in [0.4, 0.5) is 5.13 Å². The van der Waals surface area contributed by atoms with E-state index in [1.807, 2.05) is 36.9 Å². The van der Waals surface area contributed by atoms with E-state index in [1.165, 1.54) is 0 Å². The number of hydrogen-bond donors (Lipinski definition) is 0. The molecule has 0 radical (unpaired) electrons. The number of benzene rings is 1. The Morgan fingerprint density at radius 2 is 2.11 bits per heavy atom. The van der Waals surface area contributed by atoms with Crippen molar-refractivity contribution >= 4 is 45.0 Å². The number of ether oxygens (including phenoxy) is 2. The van der Waals surface area contributed by atoms with Gasteiger partial charge in [0.2, 0.25) is 5.91 Å². The Bertz CT molecular complexity index is 734. The van der Waals surface area contributed by atoms with E-state index in [9.17, 15) is 4.79 Å². The van der Waals surface area contributed by atoms with Gasteiger partial charge in [0.1, 0.15) is 5.75 Å². The lowest BCUT2D eigenvalue weighted by atomic mass is 10.3. The van der Waals surface area contributed by atoms with Crippen molar-refractivity contribution in [2.75, 3.05) is 50.9 Å². The summed E-state index contributed by atoms with van der Waals surface area (Å²) < 4.78 is 12.0. The summed E-state index contributed by atoms with van der Waals surface area (Å²) in [6.07, 6.45) is 1.38. The molecule has 0 atom stereocenters. The van der Waals surface area contributed by atoms with E-state index < -0.39 is 0 Å². The Morgan fingerprint density at radius 3 is 2.81 bits per heavy atom. The summed E-state index contributed by atoms with van der Waals surface area (Å²) in [5.74, 6) is 0.986. The lowest BCUT2D eigenvalue weighted by Crippen LogP contribution is -2.43. The predicted octanol–water partition coefficient (Wildman–Crippen LogP) is 3.58. The molecule has 0 unspecified atom stereocenters. The van der Waals surface area contributed by atoms with Crippen LogP contribution in [-0.4, -0.2) is 61.8 Å². The maximum Gasteiger partial charge on any atom is 0.228 e. The number of fused-ring (bicyclic) bond motifs is 1. The molecule has 1 amide bonds. The van der Waals surface area contributed by atoms with E-state index in [0.29, 0.717) is 19.6 Å². The average molecular weight is 414 g/mol. The van der Waals surface area contributed by atoms with Crippen LogP contribution in [0.5, 0.6) is 5.75 Å². The fourth-order valence-corrected chi connectivity index (χ4v) is 4.04. The third-order valence-corrected chi connectivity index (χ3v) is 5.44. The minimum absolute atomic E-state index is 0. The largest absolute Gasteiger partial charge is 0.494 e. The van der Waals surface area contributed by atoms with Gasteiger partial charge in [0.05, 0.1) is 30.0 Å². The Hall–Kier alpha value is -1.41. The summed E-state index contributed by atoms with van der Waals surface area (Å²) in [5.41, 5.74) is 0.911. The minimum atomic E-state index is 0. The highest BCUT2D eigenvalue weighted by Crippen LogP contribution is 2.32. The fourth-order valence-electron chi connectivity index (χ4n) is 3.01. The molecule has 0 N–H and O–H groups in total. The molecule has 0 saturated carbocycles. The molecule has 27 heavy (non-hydrogen) atoms. The molecule has 6 nitrogen and oxygen atoms in total. The highest BCUT2D eigenvalue weighted by atomic mass is 35.5. The minimum Gasteiger partial charge on any atom is -0.494 e. The van der Waals surface area contributed by atoms with Gasteiger partial charge >= 0.3 is 0 Å². The Labute approximate surface area is 170 Å². The van der Waals surface area contributed by atoms with Gasteiger partial charge in [-0.25, -0.2) is 4.98 Å². The summed E-state index contributed by atoms with van der Waals surface area (Å²) in [6, 6.07) is 5.90. The molecule has 1 aliphatic rings. The number of hydrogen-bond acceptors (Lipinski definition) is 6. The van der Waals surface area contributed by atoms with Crippen LogP contribution >= 0.6 is 23.7 Å². The van der Waals surface area contributed by atoms with Crippen LogP contribution in [0.15, 0.2) is 18.2 Å². The van der Waals surface area contributed by atoms with Gasteiger partial charge < -0.3 is 9.47 Å².